The summed E-state index contributed by atoms with van der Waals surface area (Å²) in [6.07, 6.45) is 0.923. The van der Waals surface area contributed by atoms with Gasteiger partial charge in [-0.3, -0.25) is 4.72 Å². The summed E-state index contributed by atoms with van der Waals surface area (Å²) >= 11 is 1.02. The summed E-state index contributed by atoms with van der Waals surface area (Å²) in [5.74, 6) is 0. The fraction of sp³-hybridized carbons (Fsp3) is 0.294. The van der Waals surface area contributed by atoms with Gasteiger partial charge in [0, 0.05) is 13.1 Å². The van der Waals surface area contributed by atoms with Crippen molar-refractivity contribution in [2.45, 2.75) is 24.8 Å². The van der Waals surface area contributed by atoms with Crippen molar-refractivity contribution in [1.29, 1.82) is 0 Å². The Morgan fingerprint density at radius 1 is 1.20 bits per heavy atom. The van der Waals surface area contributed by atoms with Gasteiger partial charge in [0.15, 0.2) is 0 Å². The standard InChI is InChI=1S/C17H18N4O2S2/c1-11-6-7-15-16(19-24-18-15)17(11)25(22,23)20-14-5-3-4-12-8-9-21(2)10-13(12)14/h3-7,20H,8-10H2,1-2H3. The molecule has 8 heteroatoms. The highest BCUT2D eigenvalue weighted by Gasteiger charge is 2.25. The lowest BCUT2D eigenvalue weighted by molar-refractivity contribution is 0.313. The van der Waals surface area contributed by atoms with E-state index in [2.05, 4.69) is 24.4 Å². The van der Waals surface area contributed by atoms with E-state index in [-0.39, 0.29) is 4.90 Å². The monoisotopic (exact) mass is 374 g/mol. The van der Waals surface area contributed by atoms with Crippen molar-refractivity contribution in [3.8, 4) is 0 Å². The first-order valence-electron chi connectivity index (χ1n) is 8.00. The summed E-state index contributed by atoms with van der Waals surface area (Å²) in [5, 5.41) is 0. The van der Waals surface area contributed by atoms with Crippen molar-refractivity contribution in [1.82, 2.24) is 13.6 Å². The summed E-state index contributed by atoms with van der Waals surface area (Å²) in [7, 11) is -1.71. The van der Waals surface area contributed by atoms with E-state index in [0.717, 1.165) is 36.8 Å². The average Bonchev–Trinajstić information content (AvgIpc) is 3.03. The summed E-state index contributed by atoms with van der Waals surface area (Å²) in [5.41, 5.74) is 4.58. The van der Waals surface area contributed by atoms with Crippen LogP contribution in [-0.2, 0) is 23.0 Å². The molecule has 0 fully saturated rings. The lowest BCUT2D eigenvalue weighted by Crippen LogP contribution is -2.28. The van der Waals surface area contributed by atoms with Gasteiger partial charge >= 0.3 is 0 Å². The van der Waals surface area contributed by atoms with Crippen LogP contribution in [0.3, 0.4) is 0 Å². The molecule has 1 aliphatic rings. The zero-order valence-electron chi connectivity index (χ0n) is 14.0. The third-order valence-corrected chi connectivity index (χ3v) is 6.64. The molecular weight excluding hydrogens is 356 g/mol. The molecule has 0 aliphatic carbocycles. The van der Waals surface area contributed by atoms with E-state index in [1.807, 2.05) is 19.2 Å². The number of fused-ring (bicyclic) bond motifs is 2. The molecule has 2 heterocycles. The molecule has 25 heavy (non-hydrogen) atoms. The van der Waals surface area contributed by atoms with Crippen LogP contribution >= 0.6 is 11.7 Å². The Balaban J connectivity index is 1.81. The second-order valence-electron chi connectivity index (χ2n) is 6.38. The van der Waals surface area contributed by atoms with E-state index in [1.165, 1.54) is 5.56 Å². The van der Waals surface area contributed by atoms with E-state index in [4.69, 9.17) is 0 Å². The highest BCUT2D eigenvalue weighted by atomic mass is 32.2. The molecule has 0 bridgehead atoms. The number of nitrogens with one attached hydrogen (secondary N) is 1. The summed E-state index contributed by atoms with van der Waals surface area (Å²) < 4.78 is 37.4. The molecule has 130 valence electrons. The first kappa shape index (κ1) is 16.4. The molecule has 4 rings (SSSR count). The van der Waals surface area contributed by atoms with Gasteiger partial charge in [-0.15, -0.1) is 0 Å². The molecular formula is C17H18N4O2S2. The zero-order valence-corrected chi connectivity index (χ0v) is 15.6. The number of anilines is 1. The molecule has 0 atom stereocenters. The van der Waals surface area contributed by atoms with Crippen molar-refractivity contribution in [2.75, 3.05) is 18.3 Å². The van der Waals surface area contributed by atoms with Gasteiger partial charge in [0.05, 0.1) is 17.4 Å². The Morgan fingerprint density at radius 3 is 2.88 bits per heavy atom. The predicted octanol–water partition coefficient (Wildman–Crippen LogP) is 2.79. The van der Waals surface area contributed by atoms with Gasteiger partial charge in [0.25, 0.3) is 10.0 Å². The third-order valence-electron chi connectivity index (χ3n) is 4.56. The van der Waals surface area contributed by atoms with Crippen molar-refractivity contribution in [3.63, 3.8) is 0 Å². The van der Waals surface area contributed by atoms with Gasteiger partial charge in [0.1, 0.15) is 15.9 Å². The van der Waals surface area contributed by atoms with Crippen molar-refractivity contribution in [3.05, 3.63) is 47.0 Å². The number of aromatic nitrogens is 2. The first-order valence-corrected chi connectivity index (χ1v) is 10.2. The highest BCUT2D eigenvalue weighted by molar-refractivity contribution is 7.93. The van der Waals surface area contributed by atoms with Crippen LogP contribution in [0.4, 0.5) is 5.69 Å². The second-order valence-corrected chi connectivity index (χ2v) is 8.53. The number of nitrogens with zero attached hydrogens (tertiary/aromatic N) is 3. The summed E-state index contributed by atoms with van der Waals surface area (Å²) in [6.45, 7) is 3.49. The maximum Gasteiger partial charge on any atom is 0.264 e. The largest absolute Gasteiger partial charge is 0.302 e. The minimum absolute atomic E-state index is 0.209. The third kappa shape index (κ3) is 2.90. The molecule has 0 radical (unpaired) electrons. The number of aryl methyl sites for hydroxylation is 1. The topological polar surface area (TPSA) is 75.2 Å². The SMILES string of the molecule is Cc1ccc2nsnc2c1S(=O)(=O)Nc1cccc2c1CN(C)CC2. The molecule has 0 amide bonds. The molecule has 3 aromatic rings. The molecule has 2 aromatic carbocycles. The summed E-state index contributed by atoms with van der Waals surface area (Å²) in [6, 6.07) is 9.36. The average molecular weight is 374 g/mol. The van der Waals surface area contributed by atoms with Crippen LogP contribution in [0.5, 0.6) is 0 Å². The molecule has 1 aliphatic heterocycles. The fourth-order valence-electron chi connectivity index (χ4n) is 3.28. The number of hydrogen-bond donors (Lipinski definition) is 1. The van der Waals surface area contributed by atoms with Crippen LogP contribution in [0.15, 0.2) is 35.2 Å². The molecule has 0 spiro atoms. The van der Waals surface area contributed by atoms with Crippen LogP contribution in [0.1, 0.15) is 16.7 Å². The van der Waals surface area contributed by atoms with Crippen molar-refractivity contribution in [2.24, 2.45) is 0 Å². The van der Waals surface area contributed by atoms with E-state index in [0.29, 0.717) is 22.3 Å². The van der Waals surface area contributed by atoms with Gasteiger partial charge in [-0.05, 0) is 49.2 Å². The van der Waals surface area contributed by atoms with E-state index in [9.17, 15) is 8.42 Å². The number of rotatable bonds is 3. The smallest absolute Gasteiger partial charge is 0.264 e. The van der Waals surface area contributed by atoms with E-state index in [1.54, 1.807) is 19.1 Å². The Kier molecular flexibility index (Phi) is 3.98. The molecule has 6 nitrogen and oxygen atoms in total. The molecule has 1 aromatic heterocycles. The lowest BCUT2D eigenvalue weighted by atomic mass is 9.99. The molecule has 1 N–H and O–H groups in total. The number of hydrogen-bond acceptors (Lipinski definition) is 6. The van der Waals surface area contributed by atoms with Gasteiger partial charge in [-0.2, -0.15) is 8.75 Å². The van der Waals surface area contributed by atoms with Crippen molar-refractivity contribution >= 4 is 38.5 Å². The van der Waals surface area contributed by atoms with Gasteiger partial charge in [-0.1, -0.05) is 18.2 Å². The Hall–Kier alpha value is -2.03. The molecule has 0 unspecified atom stereocenters. The van der Waals surface area contributed by atoms with Crippen molar-refractivity contribution < 1.29 is 8.42 Å². The number of sulfonamides is 1. The normalized spacial score (nSPS) is 15.3. The minimum Gasteiger partial charge on any atom is -0.302 e. The second kappa shape index (κ2) is 6.05. The molecule has 0 saturated heterocycles. The Labute approximate surface area is 150 Å². The Bertz CT molecular complexity index is 1060. The van der Waals surface area contributed by atoms with Gasteiger partial charge in [-0.25, -0.2) is 8.42 Å². The number of likely N-dealkylation sites (N-methyl/N-ethyl adjacent to an activating group) is 1. The lowest BCUT2D eigenvalue weighted by Gasteiger charge is -2.27. The summed E-state index contributed by atoms with van der Waals surface area (Å²) in [4.78, 5) is 2.40. The maximum atomic E-state index is 13.1. The van der Waals surface area contributed by atoms with Crippen LogP contribution in [-0.4, -0.2) is 35.7 Å². The highest BCUT2D eigenvalue weighted by Crippen LogP contribution is 2.30. The first-order chi connectivity index (χ1) is 12.0. The minimum atomic E-state index is -3.76. The van der Waals surface area contributed by atoms with Gasteiger partial charge in [0.2, 0.25) is 0 Å². The van der Waals surface area contributed by atoms with Crippen LogP contribution in [0.2, 0.25) is 0 Å². The van der Waals surface area contributed by atoms with E-state index >= 15 is 0 Å². The number of benzene rings is 2. The van der Waals surface area contributed by atoms with E-state index < -0.39 is 10.0 Å². The maximum absolute atomic E-state index is 13.1. The van der Waals surface area contributed by atoms with Crippen LogP contribution in [0, 0.1) is 6.92 Å². The Morgan fingerprint density at radius 2 is 2.04 bits per heavy atom. The van der Waals surface area contributed by atoms with Crippen LogP contribution < -0.4 is 4.72 Å². The quantitative estimate of drug-likeness (QED) is 0.763. The van der Waals surface area contributed by atoms with Gasteiger partial charge < -0.3 is 4.90 Å². The zero-order chi connectivity index (χ0) is 17.6. The predicted molar refractivity (Wildman–Crippen MR) is 99.4 cm³/mol. The molecule has 0 saturated carbocycles. The fourth-order valence-corrected chi connectivity index (χ4v) is 5.36. The van der Waals surface area contributed by atoms with Crippen LogP contribution in [0.25, 0.3) is 11.0 Å².